The Kier molecular flexibility index (Phi) is 4.62. The van der Waals surface area contributed by atoms with Crippen LogP contribution >= 0.6 is 0 Å². The summed E-state index contributed by atoms with van der Waals surface area (Å²) in [6.07, 6.45) is 5.84. The van der Waals surface area contributed by atoms with Gasteiger partial charge in [0.1, 0.15) is 0 Å². The molecule has 3 atom stereocenters. The Bertz CT molecular complexity index is 291. The smallest absolute Gasteiger partial charge is 0.361 e. The second kappa shape index (κ2) is 6.02. The van der Waals surface area contributed by atoms with Crippen molar-refractivity contribution in [1.29, 1.82) is 0 Å². The van der Waals surface area contributed by atoms with Gasteiger partial charge < -0.3 is 14.3 Å². The van der Waals surface area contributed by atoms with E-state index in [-0.39, 0.29) is 12.6 Å². The van der Waals surface area contributed by atoms with Crippen LogP contribution in [0, 0.1) is 5.92 Å². The number of hydrogen-bond acceptors (Lipinski definition) is 3. The Balaban J connectivity index is 2.11. The SMILES string of the molecule is CCOC(=O)C[N+]12CCCC[C@@H]1[C@H](CO)CCC2. The van der Waals surface area contributed by atoms with Crippen LogP contribution in [0.2, 0.25) is 0 Å². The van der Waals surface area contributed by atoms with Crippen molar-refractivity contribution >= 4 is 5.97 Å². The number of carbonyl (C=O) groups is 1. The molecule has 4 heteroatoms. The number of fused-ring (bicyclic) bond motifs is 1. The van der Waals surface area contributed by atoms with Crippen LogP contribution in [0.15, 0.2) is 0 Å². The molecule has 18 heavy (non-hydrogen) atoms. The molecule has 2 fully saturated rings. The third-order valence-corrected chi connectivity index (χ3v) is 4.76. The fourth-order valence-electron chi connectivity index (χ4n) is 3.99. The van der Waals surface area contributed by atoms with Crippen LogP contribution in [0.3, 0.4) is 0 Å². The number of esters is 1. The zero-order valence-corrected chi connectivity index (χ0v) is 11.4. The monoisotopic (exact) mass is 256 g/mol. The van der Waals surface area contributed by atoms with Crippen molar-refractivity contribution in [2.24, 2.45) is 5.92 Å². The van der Waals surface area contributed by atoms with Crippen molar-refractivity contribution in [3.8, 4) is 0 Å². The standard InChI is InChI=1S/C14H26NO3/c1-2-18-14(17)10-15-8-4-3-7-13(15)12(11-16)6-5-9-15/h12-13,16H,2-11H2,1H3/q+1/t12-,13+,15?/m0/s1. The van der Waals surface area contributed by atoms with E-state index in [4.69, 9.17) is 4.74 Å². The first-order valence-corrected chi connectivity index (χ1v) is 7.34. The van der Waals surface area contributed by atoms with Crippen LogP contribution in [0.4, 0.5) is 0 Å². The highest BCUT2D eigenvalue weighted by Gasteiger charge is 2.47. The van der Waals surface area contributed by atoms with E-state index in [9.17, 15) is 9.90 Å². The summed E-state index contributed by atoms with van der Waals surface area (Å²) in [7, 11) is 0. The maximum absolute atomic E-state index is 11.9. The summed E-state index contributed by atoms with van der Waals surface area (Å²) in [5, 5.41) is 9.56. The zero-order valence-electron chi connectivity index (χ0n) is 11.4. The van der Waals surface area contributed by atoms with Crippen LogP contribution in [-0.2, 0) is 9.53 Å². The third kappa shape index (κ3) is 2.69. The number of rotatable bonds is 4. The molecule has 0 spiro atoms. The topological polar surface area (TPSA) is 46.5 Å². The lowest BCUT2D eigenvalue weighted by Crippen LogP contribution is -2.65. The molecule has 0 aromatic rings. The Labute approximate surface area is 110 Å². The number of piperidine rings is 2. The first-order chi connectivity index (χ1) is 8.72. The molecule has 0 aromatic heterocycles. The van der Waals surface area contributed by atoms with E-state index in [1.165, 1.54) is 12.8 Å². The molecule has 0 saturated carbocycles. The second-order valence-electron chi connectivity index (χ2n) is 5.78. The molecule has 2 aliphatic rings. The van der Waals surface area contributed by atoms with Gasteiger partial charge in [0.05, 0.1) is 32.3 Å². The summed E-state index contributed by atoms with van der Waals surface area (Å²) >= 11 is 0. The average Bonchev–Trinajstić information content (AvgIpc) is 2.37. The predicted octanol–water partition coefficient (Wildman–Crippen LogP) is 1.32. The Morgan fingerprint density at radius 1 is 1.28 bits per heavy atom. The zero-order chi connectivity index (χ0) is 13.0. The van der Waals surface area contributed by atoms with Crippen LogP contribution in [0.1, 0.15) is 39.0 Å². The van der Waals surface area contributed by atoms with Gasteiger partial charge in [-0.1, -0.05) is 0 Å². The first-order valence-electron chi connectivity index (χ1n) is 7.34. The van der Waals surface area contributed by atoms with Gasteiger partial charge in [-0.2, -0.15) is 0 Å². The Morgan fingerprint density at radius 2 is 2.06 bits per heavy atom. The van der Waals surface area contributed by atoms with Gasteiger partial charge in [-0.05, 0) is 32.6 Å². The lowest BCUT2D eigenvalue weighted by atomic mass is 9.81. The van der Waals surface area contributed by atoms with Crippen molar-refractivity contribution in [2.75, 3.05) is 32.8 Å². The second-order valence-corrected chi connectivity index (χ2v) is 5.78. The number of hydrogen-bond donors (Lipinski definition) is 1. The maximum atomic E-state index is 11.9. The van der Waals surface area contributed by atoms with Crippen LogP contribution in [-0.4, -0.2) is 54.4 Å². The molecule has 2 heterocycles. The molecule has 0 aliphatic carbocycles. The molecule has 2 rings (SSSR count). The van der Waals surface area contributed by atoms with Crippen molar-refractivity contribution in [1.82, 2.24) is 0 Å². The molecule has 104 valence electrons. The van der Waals surface area contributed by atoms with E-state index < -0.39 is 0 Å². The third-order valence-electron chi connectivity index (χ3n) is 4.76. The van der Waals surface area contributed by atoms with Gasteiger partial charge in [0.25, 0.3) is 0 Å². The van der Waals surface area contributed by atoms with E-state index in [0.717, 1.165) is 36.8 Å². The van der Waals surface area contributed by atoms with E-state index >= 15 is 0 Å². The summed E-state index contributed by atoms with van der Waals surface area (Å²) in [4.78, 5) is 11.9. The lowest BCUT2D eigenvalue weighted by Gasteiger charge is -2.52. The van der Waals surface area contributed by atoms with Gasteiger partial charge in [0.15, 0.2) is 6.54 Å². The number of aliphatic hydroxyl groups excluding tert-OH is 1. The summed E-state index contributed by atoms with van der Waals surface area (Å²) in [6.45, 7) is 5.27. The number of nitrogens with zero attached hydrogens (tertiary/aromatic N) is 1. The van der Waals surface area contributed by atoms with Crippen molar-refractivity contribution in [2.45, 2.75) is 45.1 Å². The first kappa shape index (κ1) is 13.8. The van der Waals surface area contributed by atoms with Crippen LogP contribution in [0.5, 0.6) is 0 Å². The number of quaternary nitrogens is 1. The molecule has 0 bridgehead atoms. The largest absolute Gasteiger partial charge is 0.462 e. The van der Waals surface area contributed by atoms with Crippen molar-refractivity contribution in [3.05, 3.63) is 0 Å². The van der Waals surface area contributed by atoms with Gasteiger partial charge in [-0.25, -0.2) is 4.79 Å². The molecule has 0 amide bonds. The molecule has 2 aliphatic heterocycles. The molecule has 0 radical (unpaired) electrons. The Morgan fingerprint density at radius 3 is 2.78 bits per heavy atom. The van der Waals surface area contributed by atoms with E-state index in [0.29, 0.717) is 25.1 Å². The van der Waals surface area contributed by atoms with E-state index in [1.54, 1.807) is 0 Å². The highest BCUT2D eigenvalue weighted by molar-refractivity contribution is 5.70. The Hall–Kier alpha value is -0.610. The molecule has 0 aromatic carbocycles. The quantitative estimate of drug-likeness (QED) is 0.609. The highest BCUT2D eigenvalue weighted by Crippen LogP contribution is 2.37. The van der Waals surface area contributed by atoms with Gasteiger partial charge >= 0.3 is 5.97 Å². The molecule has 1 unspecified atom stereocenters. The molecule has 2 saturated heterocycles. The summed E-state index contributed by atoms with van der Waals surface area (Å²) in [6, 6.07) is 0.474. The number of aliphatic hydroxyl groups is 1. The highest BCUT2D eigenvalue weighted by atomic mass is 16.5. The van der Waals surface area contributed by atoms with Gasteiger partial charge in [0.2, 0.25) is 0 Å². The van der Waals surface area contributed by atoms with Gasteiger partial charge in [-0.3, -0.25) is 0 Å². The number of ether oxygens (including phenoxy) is 1. The summed E-state index contributed by atoms with van der Waals surface area (Å²) in [5.41, 5.74) is 0. The fraction of sp³-hybridized carbons (Fsp3) is 0.929. The fourth-order valence-corrected chi connectivity index (χ4v) is 3.99. The molecular weight excluding hydrogens is 230 g/mol. The van der Waals surface area contributed by atoms with Crippen LogP contribution in [0.25, 0.3) is 0 Å². The molecule has 4 nitrogen and oxygen atoms in total. The lowest BCUT2D eigenvalue weighted by molar-refractivity contribution is -0.958. The molecule has 1 N–H and O–H groups in total. The summed E-state index contributed by atoms with van der Waals surface area (Å²) < 4.78 is 6.02. The van der Waals surface area contributed by atoms with Crippen molar-refractivity contribution < 1.29 is 19.1 Å². The number of carbonyl (C=O) groups excluding carboxylic acids is 1. The van der Waals surface area contributed by atoms with E-state index in [1.807, 2.05) is 6.92 Å². The van der Waals surface area contributed by atoms with Crippen LogP contribution < -0.4 is 0 Å². The minimum absolute atomic E-state index is 0.0667. The minimum Gasteiger partial charge on any atom is -0.462 e. The minimum atomic E-state index is -0.0667. The normalized spacial score (nSPS) is 35.9. The van der Waals surface area contributed by atoms with Gasteiger partial charge in [-0.15, -0.1) is 0 Å². The predicted molar refractivity (Wildman–Crippen MR) is 68.9 cm³/mol. The van der Waals surface area contributed by atoms with Crippen molar-refractivity contribution in [3.63, 3.8) is 0 Å². The van der Waals surface area contributed by atoms with E-state index in [2.05, 4.69) is 0 Å². The maximum Gasteiger partial charge on any atom is 0.361 e. The van der Waals surface area contributed by atoms with Gasteiger partial charge in [0, 0.05) is 12.3 Å². The average molecular weight is 256 g/mol. The summed E-state index contributed by atoms with van der Waals surface area (Å²) in [5.74, 6) is 0.316. The molecular formula is C14H26NO3+.